The predicted molar refractivity (Wildman–Crippen MR) is 95.7 cm³/mol. The molecule has 130 valence electrons. The van der Waals surface area contributed by atoms with E-state index in [-0.39, 0.29) is 30.0 Å². The van der Waals surface area contributed by atoms with Crippen molar-refractivity contribution in [1.82, 2.24) is 0 Å². The summed E-state index contributed by atoms with van der Waals surface area (Å²) in [5, 5.41) is 9.26. The van der Waals surface area contributed by atoms with Crippen molar-refractivity contribution < 1.29 is 14.3 Å². The highest BCUT2D eigenvalue weighted by molar-refractivity contribution is 6.74. The average Bonchev–Trinajstić information content (AvgIpc) is 2.40. The van der Waals surface area contributed by atoms with Gasteiger partial charge in [0, 0.05) is 6.61 Å². The zero-order chi connectivity index (χ0) is 16.8. The fraction of sp³-hybridized carbons (Fsp3) is 0.889. The van der Waals surface area contributed by atoms with Crippen molar-refractivity contribution in [2.45, 2.75) is 96.2 Å². The SMILES string of the molecule is CC[C@H]1O[C@@H](CCCO)C/C=C\C[C@H]1O[Si](C)(C)C(C)(C)C. The summed E-state index contributed by atoms with van der Waals surface area (Å²) >= 11 is 0. The van der Waals surface area contributed by atoms with E-state index in [4.69, 9.17) is 14.3 Å². The van der Waals surface area contributed by atoms with Crippen molar-refractivity contribution in [1.29, 1.82) is 0 Å². The normalized spacial score (nSPS) is 29.0. The second kappa shape index (κ2) is 8.62. The Morgan fingerprint density at radius 3 is 2.41 bits per heavy atom. The molecule has 0 saturated carbocycles. The molecule has 3 atom stereocenters. The molecule has 1 aliphatic heterocycles. The van der Waals surface area contributed by atoms with Gasteiger partial charge in [-0.3, -0.25) is 0 Å². The minimum absolute atomic E-state index is 0.152. The summed E-state index contributed by atoms with van der Waals surface area (Å²) in [5.74, 6) is 0. The lowest BCUT2D eigenvalue weighted by Gasteiger charge is -2.42. The van der Waals surface area contributed by atoms with Crippen LogP contribution in [0.1, 0.15) is 59.8 Å². The molecular weight excluding hydrogens is 292 g/mol. The number of hydrogen-bond acceptors (Lipinski definition) is 3. The molecule has 0 aromatic rings. The molecule has 1 heterocycles. The van der Waals surface area contributed by atoms with E-state index in [1.807, 2.05) is 0 Å². The van der Waals surface area contributed by atoms with Crippen molar-refractivity contribution in [2.75, 3.05) is 6.61 Å². The molecule has 1 rings (SSSR count). The number of rotatable bonds is 6. The highest BCUT2D eigenvalue weighted by Crippen LogP contribution is 2.38. The average molecular weight is 329 g/mol. The monoisotopic (exact) mass is 328 g/mol. The van der Waals surface area contributed by atoms with Crippen molar-refractivity contribution in [3.63, 3.8) is 0 Å². The van der Waals surface area contributed by atoms with Crippen LogP contribution in [0.4, 0.5) is 0 Å². The van der Waals surface area contributed by atoms with Gasteiger partial charge in [0.2, 0.25) is 0 Å². The Hall–Kier alpha value is -0.163. The van der Waals surface area contributed by atoms with E-state index in [9.17, 15) is 0 Å². The van der Waals surface area contributed by atoms with Crippen LogP contribution in [0.3, 0.4) is 0 Å². The number of ether oxygens (including phenoxy) is 1. The van der Waals surface area contributed by atoms with Gasteiger partial charge in [0.05, 0.1) is 18.3 Å². The zero-order valence-corrected chi connectivity index (χ0v) is 16.4. The predicted octanol–water partition coefficient (Wildman–Crippen LogP) is 4.66. The molecular formula is C18H36O3Si. The van der Waals surface area contributed by atoms with Crippen LogP contribution in [0.25, 0.3) is 0 Å². The van der Waals surface area contributed by atoms with Gasteiger partial charge >= 0.3 is 0 Å². The van der Waals surface area contributed by atoms with Crippen LogP contribution in [0.5, 0.6) is 0 Å². The molecule has 0 radical (unpaired) electrons. The molecule has 0 aliphatic carbocycles. The molecule has 0 aromatic carbocycles. The smallest absolute Gasteiger partial charge is 0.192 e. The molecule has 0 unspecified atom stereocenters. The van der Waals surface area contributed by atoms with Gasteiger partial charge < -0.3 is 14.3 Å². The van der Waals surface area contributed by atoms with Crippen LogP contribution in [0.2, 0.25) is 18.1 Å². The second-order valence-corrected chi connectivity index (χ2v) is 12.7. The van der Waals surface area contributed by atoms with E-state index in [1.54, 1.807) is 0 Å². The van der Waals surface area contributed by atoms with E-state index in [0.29, 0.717) is 0 Å². The van der Waals surface area contributed by atoms with Gasteiger partial charge in [0.1, 0.15) is 0 Å². The maximum Gasteiger partial charge on any atom is 0.192 e. The third-order valence-corrected chi connectivity index (χ3v) is 9.56. The lowest BCUT2D eigenvalue weighted by Crippen LogP contribution is -2.48. The topological polar surface area (TPSA) is 38.7 Å². The fourth-order valence-corrected chi connectivity index (χ4v) is 3.92. The molecule has 4 heteroatoms. The zero-order valence-electron chi connectivity index (χ0n) is 15.4. The van der Waals surface area contributed by atoms with Crippen molar-refractivity contribution in [3.8, 4) is 0 Å². The Labute approximate surface area is 138 Å². The molecule has 3 nitrogen and oxygen atoms in total. The maximum atomic E-state index is 9.05. The first kappa shape index (κ1) is 19.9. The first-order valence-corrected chi connectivity index (χ1v) is 11.7. The van der Waals surface area contributed by atoms with Gasteiger partial charge in [-0.1, -0.05) is 39.8 Å². The molecule has 0 spiro atoms. The quantitative estimate of drug-likeness (QED) is 0.569. The summed E-state index contributed by atoms with van der Waals surface area (Å²) in [5.41, 5.74) is 0. The van der Waals surface area contributed by atoms with Crippen LogP contribution < -0.4 is 0 Å². The van der Waals surface area contributed by atoms with Crippen LogP contribution in [-0.4, -0.2) is 38.3 Å². The lowest BCUT2D eigenvalue weighted by molar-refractivity contribution is -0.0772. The van der Waals surface area contributed by atoms with Gasteiger partial charge in [-0.25, -0.2) is 0 Å². The summed E-state index contributed by atoms with van der Waals surface area (Å²) in [7, 11) is -1.79. The van der Waals surface area contributed by atoms with Crippen molar-refractivity contribution >= 4 is 8.32 Å². The Morgan fingerprint density at radius 2 is 1.86 bits per heavy atom. The largest absolute Gasteiger partial charge is 0.411 e. The van der Waals surface area contributed by atoms with Gasteiger partial charge in [0.15, 0.2) is 8.32 Å². The highest BCUT2D eigenvalue weighted by atomic mass is 28.4. The maximum absolute atomic E-state index is 9.05. The Kier molecular flexibility index (Phi) is 7.79. The van der Waals surface area contributed by atoms with E-state index >= 15 is 0 Å². The van der Waals surface area contributed by atoms with Gasteiger partial charge in [-0.15, -0.1) is 0 Å². The standard InChI is InChI=1S/C18H36O3Si/c1-7-16-17(21-22(5,6)18(2,3)4)13-9-8-11-15(20-16)12-10-14-19/h8-9,15-17,19H,7,10-14H2,1-6H3/b9-8-/t15-,16-,17-/m1/s1. The van der Waals surface area contributed by atoms with Gasteiger partial charge in [-0.2, -0.15) is 0 Å². The number of aliphatic hydroxyl groups is 1. The molecule has 1 N–H and O–H groups in total. The third kappa shape index (κ3) is 5.80. The van der Waals surface area contributed by atoms with E-state index in [0.717, 1.165) is 32.1 Å². The third-order valence-electron chi connectivity index (χ3n) is 5.05. The van der Waals surface area contributed by atoms with E-state index in [1.165, 1.54) is 0 Å². The summed E-state index contributed by atoms with van der Waals surface area (Å²) in [6.45, 7) is 13.9. The number of aliphatic hydroxyl groups excluding tert-OH is 1. The van der Waals surface area contributed by atoms with Crippen LogP contribution >= 0.6 is 0 Å². The number of hydrogen-bond donors (Lipinski definition) is 1. The molecule has 0 bridgehead atoms. The minimum atomic E-state index is -1.79. The van der Waals surface area contributed by atoms with Crippen molar-refractivity contribution in [2.24, 2.45) is 0 Å². The molecule has 0 amide bonds. The second-order valence-electron chi connectivity index (χ2n) is 7.93. The van der Waals surface area contributed by atoms with Gasteiger partial charge in [-0.05, 0) is 50.2 Å². The fourth-order valence-electron chi connectivity index (χ4n) is 2.56. The summed E-state index contributed by atoms with van der Waals surface area (Å²) in [6.07, 6.45) is 9.59. The van der Waals surface area contributed by atoms with Crippen molar-refractivity contribution in [3.05, 3.63) is 12.2 Å². The van der Waals surface area contributed by atoms with Gasteiger partial charge in [0.25, 0.3) is 0 Å². The lowest BCUT2D eigenvalue weighted by atomic mass is 10.0. The van der Waals surface area contributed by atoms with E-state index in [2.05, 4.69) is 52.9 Å². The Bertz CT molecular complexity index is 347. The first-order chi connectivity index (χ1) is 10.2. The first-order valence-electron chi connectivity index (χ1n) is 8.80. The summed E-state index contributed by atoms with van der Waals surface area (Å²) < 4.78 is 13.0. The minimum Gasteiger partial charge on any atom is -0.411 e. The highest BCUT2D eigenvalue weighted by Gasteiger charge is 2.41. The van der Waals surface area contributed by atoms with Crippen LogP contribution in [-0.2, 0) is 9.16 Å². The molecule has 0 fully saturated rings. The summed E-state index contributed by atoms with van der Waals surface area (Å²) in [4.78, 5) is 0. The molecule has 22 heavy (non-hydrogen) atoms. The summed E-state index contributed by atoms with van der Waals surface area (Å²) in [6, 6.07) is 0. The van der Waals surface area contributed by atoms with E-state index < -0.39 is 8.32 Å². The Balaban J connectivity index is 2.80. The molecule has 0 saturated heterocycles. The van der Waals surface area contributed by atoms with Crippen LogP contribution in [0, 0.1) is 0 Å². The molecule has 0 aromatic heterocycles. The molecule has 1 aliphatic rings. The van der Waals surface area contributed by atoms with Crippen LogP contribution in [0.15, 0.2) is 12.2 Å². The Morgan fingerprint density at radius 1 is 1.23 bits per heavy atom.